The van der Waals surface area contributed by atoms with Gasteiger partial charge in [-0.15, -0.1) is 0 Å². The normalized spacial score (nSPS) is 11.2. The number of pyridine rings is 1. The van der Waals surface area contributed by atoms with E-state index in [9.17, 15) is 9.90 Å². The lowest BCUT2D eigenvalue weighted by molar-refractivity contribution is 0.203. The van der Waals surface area contributed by atoms with E-state index in [1.54, 1.807) is 18.5 Å². The monoisotopic (exact) mass is 418 g/mol. The Morgan fingerprint density at radius 1 is 1.10 bits per heavy atom. The second kappa shape index (κ2) is 7.44. The molecule has 0 saturated carbocycles. The van der Waals surface area contributed by atoms with E-state index in [4.69, 9.17) is 0 Å². The molecule has 0 aliphatic carbocycles. The number of para-hydroxylation sites is 1. The number of nitrogens with zero attached hydrogens (tertiary/aromatic N) is 7. The van der Waals surface area contributed by atoms with Crippen molar-refractivity contribution in [3.05, 3.63) is 61.4 Å². The standard InChI is InChI=1S/C19H14N8O2S/c28-19(29)27(11-30-18-15-16(21-8-20-15)22-9-23-18)14-7-6-13-17(25-14)26(10-24-13)12-4-2-1-3-5-12/h1-10H,11H2,(H,28,29)(H,20,21,22,23). The number of aromatic amines is 1. The summed E-state index contributed by atoms with van der Waals surface area (Å²) in [7, 11) is 0. The average molecular weight is 418 g/mol. The number of aromatic nitrogens is 7. The van der Waals surface area contributed by atoms with Gasteiger partial charge in [0.15, 0.2) is 11.3 Å². The number of fused-ring (bicyclic) bond motifs is 2. The summed E-state index contributed by atoms with van der Waals surface area (Å²) in [5.74, 6) is 0.388. The lowest BCUT2D eigenvalue weighted by Crippen LogP contribution is -2.29. The number of hydrogen-bond acceptors (Lipinski definition) is 7. The summed E-state index contributed by atoms with van der Waals surface area (Å²) in [5.41, 5.74) is 3.34. The first-order valence-electron chi connectivity index (χ1n) is 8.87. The first-order chi connectivity index (χ1) is 14.7. The third-order valence-corrected chi connectivity index (χ3v) is 5.40. The van der Waals surface area contributed by atoms with Crippen LogP contribution in [0.5, 0.6) is 0 Å². The summed E-state index contributed by atoms with van der Waals surface area (Å²) in [5, 5.41) is 10.4. The van der Waals surface area contributed by atoms with Crippen molar-refractivity contribution in [2.75, 3.05) is 10.8 Å². The van der Waals surface area contributed by atoms with Crippen molar-refractivity contribution in [2.45, 2.75) is 5.03 Å². The molecule has 148 valence electrons. The van der Waals surface area contributed by atoms with Crippen LogP contribution in [0.25, 0.3) is 28.0 Å². The van der Waals surface area contributed by atoms with Crippen LogP contribution in [0.4, 0.5) is 10.6 Å². The fraction of sp³-hybridized carbons (Fsp3) is 0.0526. The molecule has 0 aliphatic rings. The molecule has 5 aromatic rings. The molecular weight excluding hydrogens is 404 g/mol. The Kier molecular flexibility index (Phi) is 4.48. The zero-order valence-electron chi connectivity index (χ0n) is 15.4. The van der Waals surface area contributed by atoms with Crippen LogP contribution >= 0.6 is 11.8 Å². The highest BCUT2D eigenvalue weighted by Gasteiger charge is 2.19. The van der Waals surface area contributed by atoms with Gasteiger partial charge in [0.1, 0.15) is 34.5 Å². The molecule has 30 heavy (non-hydrogen) atoms. The number of benzene rings is 1. The largest absolute Gasteiger partial charge is 0.465 e. The van der Waals surface area contributed by atoms with Crippen LogP contribution in [0.1, 0.15) is 0 Å². The summed E-state index contributed by atoms with van der Waals surface area (Å²) in [6, 6.07) is 13.0. The first-order valence-corrected chi connectivity index (χ1v) is 9.86. The van der Waals surface area contributed by atoms with E-state index in [0.29, 0.717) is 33.2 Å². The van der Waals surface area contributed by atoms with Gasteiger partial charge < -0.3 is 10.1 Å². The minimum Gasteiger partial charge on any atom is -0.465 e. The minimum absolute atomic E-state index is 0.0896. The fourth-order valence-electron chi connectivity index (χ4n) is 3.00. The Morgan fingerprint density at radius 3 is 2.80 bits per heavy atom. The summed E-state index contributed by atoms with van der Waals surface area (Å²) in [4.78, 5) is 37.5. The van der Waals surface area contributed by atoms with Gasteiger partial charge >= 0.3 is 6.09 Å². The first kappa shape index (κ1) is 18.1. The predicted octanol–water partition coefficient (Wildman–Crippen LogP) is 3.32. The molecule has 4 heterocycles. The van der Waals surface area contributed by atoms with Gasteiger partial charge in [-0.05, 0) is 24.3 Å². The zero-order valence-corrected chi connectivity index (χ0v) is 16.2. The van der Waals surface area contributed by atoms with Crippen molar-refractivity contribution >= 4 is 46.0 Å². The lowest BCUT2D eigenvalue weighted by Gasteiger charge is -2.17. The molecule has 10 nitrogen and oxygen atoms in total. The molecule has 0 fully saturated rings. The van der Waals surface area contributed by atoms with Crippen LogP contribution < -0.4 is 4.90 Å². The molecule has 11 heteroatoms. The highest BCUT2D eigenvalue weighted by Crippen LogP contribution is 2.26. The van der Waals surface area contributed by atoms with E-state index in [1.807, 2.05) is 34.9 Å². The van der Waals surface area contributed by atoms with Gasteiger partial charge in [-0.25, -0.2) is 29.7 Å². The zero-order chi connectivity index (χ0) is 20.5. The SMILES string of the molecule is O=C(O)N(CSc1ncnc2[nH]cnc12)c1ccc2ncn(-c3ccccc3)c2n1. The van der Waals surface area contributed by atoms with Crippen LogP contribution in [-0.4, -0.2) is 51.5 Å². The molecule has 0 atom stereocenters. The number of H-pyrrole nitrogens is 1. The van der Waals surface area contributed by atoms with Gasteiger partial charge in [0.05, 0.1) is 12.2 Å². The topological polar surface area (TPSA) is 126 Å². The maximum Gasteiger partial charge on any atom is 0.413 e. The molecule has 0 bridgehead atoms. The number of nitrogens with one attached hydrogen (secondary N) is 1. The fourth-order valence-corrected chi connectivity index (χ4v) is 3.91. The molecule has 1 aromatic carbocycles. The Morgan fingerprint density at radius 2 is 1.97 bits per heavy atom. The van der Waals surface area contributed by atoms with Crippen LogP contribution in [0.15, 0.2) is 66.5 Å². The molecular formula is C19H14N8O2S. The van der Waals surface area contributed by atoms with Gasteiger partial charge in [0, 0.05) is 5.69 Å². The van der Waals surface area contributed by atoms with Gasteiger partial charge in [-0.2, -0.15) is 0 Å². The lowest BCUT2D eigenvalue weighted by atomic mass is 10.3. The van der Waals surface area contributed by atoms with Crippen molar-refractivity contribution in [3.63, 3.8) is 0 Å². The minimum atomic E-state index is -1.12. The third kappa shape index (κ3) is 3.20. The Hall–Kier alpha value is -3.99. The van der Waals surface area contributed by atoms with Crippen molar-refractivity contribution < 1.29 is 9.90 Å². The molecule has 0 spiro atoms. The Balaban J connectivity index is 1.48. The highest BCUT2D eigenvalue weighted by molar-refractivity contribution is 7.99. The van der Waals surface area contributed by atoms with Crippen LogP contribution in [0, 0.1) is 0 Å². The van der Waals surface area contributed by atoms with Crippen molar-refractivity contribution in [3.8, 4) is 5.69 Å². The van der Waals surface area contributed by atoms with Crippen molar-refractivity contribution in [1.29, 1.82) is 0 Å². The predicted molar refractivity (Wildman–Crippen MR) is 112 cm³/mol. The summed E-state index contributed by atoms with van der Waals surface area (Å²) >= 11 is 1.24. The number of imidazole rings is 2. The Bertz CT molecular complexity index is 1350. The molecule has 0 saturated heterocycles. The van der Waals surface area contributed by atoms with Crippen LogP contribution in [-0.2, 0) is 0 Å². The summed E-state index contributed by atoms with van der Waals surface area (Å²) in [6.45, 7) is 0. The number of hydrogen-bond donors (Lipinski definition) is 2. The molecule has 0 unspecified atom stereocenters. The third-order valence-electron chi connectivity index (χ3n) is 4.44. The maximum absolute atomic E-state index is 12.0. The van der Waals surface area contributed by atoms with E-state index in [-0.39, 0.29) is 5.88 Å². The van der Waals surface area contributed by atoms with E-state index < -0.39 is 6.09 Å². The molecule has 1 amide bonds. The van der Waals surface area contributed by atoms with E-state index >= 15 is 0 Å². The van der Waals surface area contributed by atoms with Crippen LogP contribution in [0.2, 0.25) is 0 Å². The number of thioether (sulfide) groups is 1. The van der Waals surface area contributed by atoms with Gasteiger partial charge in [0.25, 0.3) is 0 Å². The summed E-state index contributed by atoms with van der Waals surface area (Å²) in [6.07, 6.45) is 3.49. The number of anilines is 1. The Labute approximate surface area is 173 Å². The average Bonchev–Trinajstić information content (AvgIpc) is 3.41. The van der Waals surface area contributed by atoms with Gasteiger partial charge in [-0.3, -0.25) is 9.47 Å². The van der Waals surface area contributed by atoms with Gasteiger partial charge in [0.2, 0.25) is 0 Å². The molecule has 2 N–H and O–H groups in total. The highest BCUT2D eigenvalue weighted by atomic mass is 32.2. The maximum atomic E-state index is 12.0. The summed E-state index contributed by atoms with van der Waals surface area (Å²) < 4.78 is 1.82. The number of amides is 1. The quantitative estimate of drug-likeness (QED) is 0.253. The van der Waals surface area contributed by atoms with Crippen LogP contribution in [0.3, 0.4) is 0 Å². The van der Waals surface area contributed by atoms with Gasteiger partial charge in [-0.1, -0.05) is 30.0 Å². The smallest absolute Gasteiger partial charge is 0.413 e. The molecule has 0 radical (unpaired) electrons. The van der Waals surface area contributed by atoms with Crippen molar-refractivity contribution in [2.24, 2.45) is 0 Å². The second-order valence-electron chi connectivity index (χ2n) is 6.22. The number of carbonyl (C=O) groups is 1. The van der Waals surface area contributed by atoms with E-state index in [2.05, 4.69) is 29.9 Å². The molecule has 5 rings (SSSR count). The van der Waals surface area contributed by atoms with Crippen molar-refractivity contribution in [1.82, 2.24) is 34.5 Å². The van der Waals surface area contributed by atoms with E-state index in [1.165, 1.54) is 24.4 Å². The number of rotatable bonds is 5. The molecule has 4 aromatic heterocycles. The number of carboxylic acid groups (broad SMARTS) is 1. The van der Waals surface area contributed by atoms with E-state index in [0.717, 1.165) is 10.6 Å². The second-order valence-corrected chi connectivity index (χ2v) is 7.16. The molecule has 0 aliphatic heterocycles.